The lowest BCUT2D eigenvalue weighted by Crippen LogP contribution is -2.24. The molecule has 0 radical (unpaired) electrons. The van der Waals surface area contributed by atoms with Gasteiger partial charge in [0.1, 0.15) is 0 Å². The lowest BCUT2D eigenvalue weighted by atomic mass is 10.2. The van der Waals surface area contributed by atoms with Crippen LogP contribution in [0.1, 0.15) is 41.4 Å². The summed E-state index contributed by atoms with van der Waals surface area (Å²) in [5, 5.41) is 7.88. The van der Waals surface area contributed by atoms with Crippen LogP contribution < -0.4 is 20.1 Å². The van der Waals surface area contributed by atoms with Crippen LogP contribution in [0.3, 0.4) is 0 Å². The van der Waals surface area contributed by atoms with Gasteiger partial charge >= 0.3 is 0 Å². The molecule has 7 nitrogen and oxygen atoms in total. The molecule has 2 N–H and O–H groups in total. The molecule has 0 bridgehead atoms. The van der Waals surface area contributed by atoms with Crippen molar-refractivity contribution in [2.24, 2.45) is 0 Å². The SMILES string of the molecule is CCCCOc1ccc(CNC(=O)Cc2csc(NC(=O)c3ccccc3)n2)cc1OC. The summed E-state index contributed by atoms with van der Waals surface area (Å²) in [7, 11) is 1.60. The molecule has 32 heavy (non-hydrogen) atoms. The topological polar surface area (TPSA) is 89.6 Å². The highest BCUT2D eigenvalue weighted by atomic mass is 32.1. The Morgan fingerprint density at radius 1 is 1.09 bits per heavy atom. The number of anilines is 1. The molecule has 1 heterocycles. The molecule has 168 valence electrons. The van der Waals surface area contributed by atoms with E-state index in [1.165, 1.54) is 11.3 Å². The number of thiazole rings is 1. The predicted octanol–water partition coefficient (Wildman–Crippen LogP) is 4.44. The van der Waals surface area contributed by atoms with Gasteiger partial charge in [0.25, 0.3) is 5.91 Å². The summed E-state index contributed by atoms with van der Waals surface area (Å²) in [6, 6.07) is 14.5. The molecule has 0 fully saturated rings. The highest BCUT2D eigenvalue weighted by molar-refractivity contribution is 7.14. The Morgan fingerprint density at radius 3 is 2.66 bits per heavy atom. The summed E-state index contributed by atoms with van der Waals surface area (Å²) in [5.74, 6) is 0.959. The second-order valence-corrected chi connectivity index (χ2v) is 7.96. The Balaban J connectivity index is 1.49. The van der Waals surface area contributed by atoms with Crippen molar-refractivity contribution in [3.8, 4) is 11.5 Å². The molecule has 0 unspecified atom stereocenters. The molecule has 3 rings (SSSR count). The fraction of sp³-hybridized carbons (Fsp3) is 0.292. The minimum absolute atomic E-state index is 0.132. The van der Waals surface area contributed by atoms with E-state index in [9.17, 15) is 9.59 Å². The summed E-state index contributed by atoms with van der Waals surface area (Å²) < 4.78 is 11.1. The maximum atomic E-state index is 12.3. The van der Waals surface area contributed by atoms with Crippen LogP contribution in [0.15, 0.2) is 53.9 Å². The van der Waals surface area contributed by atoms with Gasteiger partial charge in [-0.1, -0.05) is 37.6 Å². The number of hydrogen-bond donors (Lipinski definition) is 2. The molecular formula is C24H27N3O4S. The van der Waals surface area contributed by atoms with Gasteiger partial charge in [0, 0.05) is 17.5 Å². The minimum Gasteiger partial charge on any atom is -0.493 e. The number of carbonyl (C=O) groups excluding carboxylic acids is 2. The zero-order chi connectivity index (χ0) is 22.8. The maximum Gasteiger partial charge on any atom is 0.257 e. The number of ether oxygens (including phenoxy) is 2. The van der Waals surface area contributed by atoms with Gasteiger partial charge in [-0.25, -0.2) is 4.98 Å². The van der Waals surface area contributed by atoms with Gasteiger partial charge in [-0.2, -0.15) is 0 Å². The van der Waals surface area contributed by atoms with Crippen LogP contribution in [0.2, 0.25) is 0 Å². The second-order valence-electron chi connectivity index (χ2n) is 7.10. The largest absolute Gasteiger partial charge is 0.493 e. The number of unbranched alkanes of at least 4 members (excludes halogenated alkanes) is 1. The maximum absolute atomic E-state index is 12.3. The number of rotatable bonds is 11. The molecular weight excluding hydrogens is 426 g/mol. The lowest BCUT2D eigenvalue weighted by Gasteiger charge is -2.12. The molecule has 0 spiro atoms. The van der Waals surface area contributed by atoms with E-state index in [4.69, 9.17) is 9.47 Å². The van der Waals surface area contributed by atoms with Gasteiger partial charge in [-0.3, -0.25) is 14.9 Å². The summed E-state index contributed by atoms with van der Waals surface area (Å²) >= 11 is 1.29. The monoisotopic (exact) mass is 453 g/mol. The Labute approximate surface area is 191 Å². The zero-order valence-electron chi connectivity index (χ0n) is 18.2. The van der Waals surface area contributed by atoms with Crippen molar-refractivity contribution in [2.75, 3.05) is 19.0 Å². The fourth-order valence-corrected chi connectivity index (χ4v) is 3.60. The van der Waals surface area contributed by atoms with E-state index >= 15 is 0 Å². The first kappa shape index (κ1) is 23.3. The van der Waals surface area contributed by atoms with Gasteiger partial charge < -0.3 is 14.8 Å². The normalized spacial score (nSPS) is 10.4. The molecule has 0 saturated heterocycles. The third-order valence-electron chi connectivity index (χ3n) is 4.62. The Bertz CT molecular complexity index is 1040. The minimum atomic E-state index is -0.230. The standard InChI is InChI=1S/C24H27N3O4S/c1-3-4-12-31-20-11-10-17(13-21(20)30-2)15-25-22(28)14-19-16-32-24(26-19)27-23(29)18-8-6-5-7-9-18/h5-11,13,16H,3-4,12,14-15H2,1-2H3,(H,25,28)(H,26,27,29). The fourth-order valence-electron chi connectivity index (χ4n) is 2.90. The van der Waals surface area contributed by atoms with E-state index in [2.05, 4.69) is 22.5 Å². The van der Waals surface area contributed by atoms with Crippen LogP contribution in [0.25, 0.3) is 0 Å². The van der Waals surface area contributed by atoms with Crippen molar-refractivity contribution >= 4 is 28.3 Å². The van der Waals surface area contributed by atoms with Crippen molar-refractivity contribution in [3.63, 3.8) is 0 Å². The average molecular weight is 454 g/mol. The number of hydrogen-bond acceptors (Lipinski definition) is 6. The third kappa shape index (κ3) is 6.81. The van der Waals surface area contributed by atoms with E-state index in [1.54, 1.807) is 36.8 Å². The number of carbonyl (C=O) groups is 2. The van der Waals surface area contributed by atoms with Crippen molar-refractivity contribution in [2.45, 2.75) is 32.7 Å². The number of amides is 2. The molecule has 8 heteroatoms. The molecule has 2 amide bonds. The van der Waals surface area contributed by atoms with E-state index in [1.807, 2.05) is 24.3 Å². The van der Waals surface area contributed by atoms with Gasteiger partial charge in [0.05, 0.1) is 25.8 Å². The Morgan fingerprint density at radius 2 is 1.91 bits per heavy atom. The van der Waals surface area contributed by atoms with E-state index in [0.717, 1.165) is 18.4 Å². The van der Waals surface area contributed by atoms with Crippen LogP contribution in [0, 0.1) is 0 Å². The molecule has 3 aromatic rings. The summed E-state index contributed by atoms with van der Waals surface area (Å²) in [5.41, 5.74) is 2.07. The molecule has 2 aromatic carbocycles. The van der Waals surface area contributed by atoms with Crippen molar-refractivity contribution in [1.29, 1.82) is 0 Å². The number of aromatic nitrogens is 1. The zero-order valence-corrected chi connectivity index (χ0v) is 19.0. The Kier molecular flexibility index (Phi) is 8.62. The van der Waals surface area contributed by atoms with E-state index in [0.29, 0.717) is 41.0 Å². The molecule has 0 aliphatic heterocycles. The first-order chi connectivity index (χ1) is 15.6. The quantitative estimate of drug-likeness (QED) is 0.419. The summed E-state index contributed by atoms with van der Waals surface area (Å²) in [4.78, 5) is 28.9. The first-order valence-electron chi connectivity index (χ1n) is 10.5. The number of methoxy groups -OCH3 is 1. The molecule has 0 aliphatic rings. The highest BCUT2D eigenvalue weighted by Crippen LogP contribution is 2.28. The number of benzene rings is 2. The summed E-state index contributed by atoms with van der Waals surface area (Å²) in [6.07, 6.45) is 2.18. The molecule has 0 aliphatic carbocycles. The van der Waals surface area contributed by atoms with Crippen LogP contribution in [-0.2, 0) is 17.8 Å². The van der Waals surface area contributed by atoms with Crippen LogP contribution >= 0.6 is 11.3 Å². The van der Waals surface area contributed by atoms with Crippen molar-refractivity contribution in [1.82, 2.24) is 10.3 Å². The number of nitrogens with zero attached hydrogens (tertiary/aromatic N) is 1. The highest BCUT2D eigenvalue weighted by Gasteiger charge is 2.12. The van der Waals surface area contributed by atoms with Crippen LogP contribution in [0.4, 0.5) is 5.13 Å². The third-order valence-corrected chi connectivity index (χ3v) is 5.43. The van der Waals surface area contributed by atoms with Crippen LogP contribution in [-0.4, -0.2) is 30.5 Å². The van der Waals surface area contributed by atoms with Crippen molar-refractivity contribution in [3.05, 3.63) is 70.7 Å². The molecule has 0 saturated carbocycles. The van der Waals surface area contributed by atoms with Gasteiger partial charge in [0.15, 0.2) is 16.6 Å². The molecule has 0 atom stereocenters. The van der Waals surface area contributed by atoms with E-state index < -0.39 is 0 Å². The van der Waals surface area contributed by atoms with E-state index in [-0.39, 0.29) is 18.2 Å². The van der Waals surface area contributed by atoms with Gasteiger partial charge in [-0.05, 0) is 36.2 Å². The van der Waals surface area contributed by atoms with Gasteiger partial charge in [0.2, 0.25) is 5.91 Å². The van der Waals surface area contributed by atoms with Gasteiger partial charge in [-0.15, -0.1) is 11.3 Å². The van der Waals surface area contributed by atoms with Crippen molar-refractivity contribution < 1.29 is 19.1 Å². The molecule has 1 aromatic heterocycles. The summed E-state index contributed by atoms with van der Waals surface area (Å²) in [6.45, 7) is 3.12. The lowest BCUT2D eigenvalue weighted by molar-refractivity contribution is -0.120. The predicted molar refractivity (Wildman–Crippen MR) is 125 cm³/mol. The number of nitrogens with one attached hydrogen (secondary N) is 2. The van der Waals surface area contributed by atoms with Crippen LogP contribution in [0.5, 0.6) is 11.5 Å². The second kappa shape index (κ2) is 11.9. The average Bonchev–Trinajstić information content (AvgIpc) is 3.25. The smallest absolute Gasteiger partial charge is 0.257 e. The Hall–Kier alpha value is -3.39. The first-order valence-corrected chi connectivity index (χ1v) is 11.3.